The molecule has 2 heterocycles. The second kappa shape index (κ2) is 12.4. The number of carbonyl (C=O) groups excluding carboxylic acids is 1. The number of methoxy groups -OCH3 is 1. The van der Waals surface area contributed by atoms with Crippen LogP contribution in [-0.2, 0) is 14.8 Å². The Bertz CT molecular complexity index is 1590. The van der Waals surface area contributed by atoms with E-state index in [2.05, 4.69) is 26.1 Å². The maximum Gasteiger partial charge on any atom is 0.263 e. The number of nitriles is 1. The summed E-state index contributed by atoms with van der Waals surface area (Å²) >= 11 is 1.21. The fraction of sp³-hybridized carbons (Fsp3) is 0.143. The molecule has 2 aromatic heterocycles. The van der Waals surface area contributed by atoms with E-state index in [1.54, 1.807) is 37.4 Å². The molecule has 0 saturated carbocycles. The van der Waals surface area contributed by atoms with Gasteiger partial charge in [-0.05, 0) is 79.2 Å². The molecule has 2 aromatic carbocycles. The average molecular weight is 560 g/mol. The summed E-state index contributed by atoms with van der Waals surface area (Å²) in [6.45, 7) is 1.87. The fourth-order valence-electron chi connectivity index (χ4n) is 3.55. The Kier molecular flexibility index (Phi) is 8.81. The Hall–Kier alpha value is -4.40. The average Bonchev–Trinajstić information content (AvgIpc) is 2.96. The van der Waals surface area contributed by atoms with Gasteiger partial charge in [-0.15, -0.1) is 0 Å². The molecule has 4 aromatic rings. The van der Waals surface area contributed by atoms with Gasteiger partial charge < -0.3 is 10.1 Å². The highest BCUT2D eigenvalue weighted by atomic mass is 32.2. The minimum absolute atomic E-state index is 0.0331. The smallest absolute Gasteiger partial charge is 0.263 e. The number of thioether (sulfide) groups is 1. The molecule has 198 valence electrons. The van der Waals surface area contributed by atoms with Crippen LogP contribution in [0.2, 0.25) is 0 Å². The largest absolute Gasteiger partial charge is 0.497 e. The Balaban J connectivity index is 1.47. The van der Waals surface area contributed by atoms with Gasteiger partial charge in [0.25, 0.3) is 10.0 Å². The van der Waals surface area contributed by atoms with E-state index in [9.17, 15) is 18.5 Å². The minimum atomic E-state index is -3.83. The standard InChI is InChI=1S/C28H25N5O4S2/c1-3-25(38-28-20(18-29)9-16-24(32-28)19-7-12-22(37-2)13-8-19)27(34)31-21-10-14-23(15-11-21)39(35,36)33-26-6-4-5-17-30-26/h4-17,25H,3H2,1-2H3,(H,30,33)(H,31,34). The number of aromatic nitrogens is 2. The van der Waals surface area contributed by atoms with E-state index in [1.165, 1.54) is 42.2 Å². The first-order chi connectivity index (χ1) is 18.8. The first-order valence-electron chi connectivity index (χ1n) is 11.9. The molecular formula is C28H25N5O4S2. The quantitative estimate of drug-likeness (QED) is 0.249. The van der Waals surface area contributed by atoms with Crippen LogP contribution in [-0.4, -0.2) is 36.7 Å². The van der Waals surface area contributed by atoms with Crippen LogP contribution in [0.5, 0.6) is 5.75 Å². The lowest BCUT2D eigenvalue weighted by Gasteiger charge is -2.16. The first-order valence-corrected chi connectivity index (χ1v) is 14.3. The zero-order valence-corrected chi connectivity index (χ0v) is 22.8. The van der Waals surface area contributed by atoms with Gasteiger partial charge in [0.2, 0.25) is 5.91 Å². The topological polar surface area (TPSA) is 134 Å². The van der Waals surface area contributed by atoms with Crippen LogP contribution < -0.4 is 14.8 Å². The van der Waals surface area contributed by atoms with Gasteiger partial charge in [-0.2, -0.15) is 5.26 Å². The Labute approximate surface area is 231 Å². The summed E-state index contributed by atoms with van der Waals surface area (Å²) in [5.74, 6) is 0.643. The summed E-state index contributed by atoms with van der Waals surface area (Å²) in [4.78, 5) is 21.8. The summed E-state index contributed by atoms with van der Waals surface area (Å²) < 4.78 is 32.9. The van der Waals surface area contributed by atoms with Crippen molar-refractivity contribution in [3.63, 3.8) is 0 Å². The number of carbonyl (C=O) groups is 1. The zero-order chi connectivity index (χ0) is 27.8. The number of benzene rings is 2. The highest BCUT2D eigenvalue weighted by molar-refractivity contribution is 8.00. The third-order valence-electron chi connectivity index (χ3n) is 5.62. The Morgan fingerprint density at radius 2 is 1.79 bits per heavy atom. The van der Waals surface area contributed by atoms with Gasteiger partial charge in [0, 0.05) is 17.4 Å². The number of rotatable bonds is 10. The van der Waals surface area contributed by atoms with Crippen molar-refractivity contribution in [2.45, 2.75) is 28.5 Å². The molecule has 39 heavy (non-hydrogen) atoms. The zero-order valence-electron chi connectivity index (χ0n) is 21.2. The summed E-state index contributed by atoms with van der Waals surface area (Å²) in [6.07, 6.45) is 1.97. The predicted octanol–water partition coefficient (Wildman–Crippen LogP) is 5.33. The third kappa shape index (κ3) is 6.93. The molecule has 2 N–H and O–H groups in total. The van der Waals surface area contributed by atoms with E-state index in [0.29, 0.717) is 28.4 Å². The molecule has 0 fully saturated rings. The number of hydrogen-bond donors (Lipinski definition) is 2. The van der Waals surface area contributed by atoms with Gasteiger partial charge >= 0.3 is 0 Å². The van der Waals surface area contributed by atoms with Crippen molar-refractivity contribution in [2.24, 2.45) is 0 Å². The lowest BCUT2D eigenvalue weighted by atomic mass is 10.1. The normalized spacial score (nSPS) is 11.7. The summed E-state index contributed by atoms with van der Waals surface area (Å²) in [7, 11) is -2.24. The molecule has 0 aliphatic heterocycles. The number of pyridine rings is 2. The van der Waals surface area contributed by atoms with Crippen molar-refractivity contribution < 1.29 is 17.9 Å². The van der Waals surface area contributed by atoms with Crippen molar-refractivity contribution in [3.8, 4) is 23.1 Å². The third-order valence-corrected chi connectivity index (χ3v) is 8.36. The van der Waals surface area contributed by atoms with Gasteiger partial charge in [0.15, 0.2) is 0 Å². The maximum absolute atomic E-state index is 13.1. The van der Waals surface area contributed by atoms with E-state index in [4.69, 9.17) is 4.74 Å². The minimum Gasteiger partial charge on any atom is -0.497 e. The Morgan fingerprint density at radius 1 is 1.05 bits per heavy atom. The van der Waals surface area contributed by atoms with Crippen molar-refractivity contribution in [2.75, 3.05) is 17.1 Å². The number of nitrogens with one attached hydrogen (secondary N) is 2. The van der Waals surface area contributed by atoms with Crippen molar-refractivity contribution >= 4 is 39.2 Å². The van der Waals surface area contributed by atoms with Gasteiger partial charge in [0.1, 0.15) is 22.7 Å². The Morgan fingerprint density at radius 3 is 2.41 bits per heavy atom. The number of hydrogen-bond acceptors (Lipinski definition) is 8. The molecule has 11 heteroatoms. The van der Waals surface area contributed by atoms with Crippen LogP contribution in [0.1, 0.15) is 18.9 Å². The van der Waals surface area contributed by atoms with Crippen LogP contribution in [0.15, 0.2) is 95.0 Å². The molecule has 1 atom stereocenters. The second-order valence-electron chi connectivity index (χ2n) is 8.24. The molecule has 0 bridgehead atoms. The van der Waals surface area contributed by atoms with Crippen molar-refractivity contribution in [3.05, 3.63) is 90.6 Å². The van der Waals surface area contributed by atoms with Gasteiger partial charge in [0.05, 0.1) is 28.5 Å². The molecule has 1 amide bonds. The van der Waals surface area contributed by atoms with Crippen LogP contribution in [0.3, 0.4) is 0 Å². The highest BCUT2D eigenvalue weighted by Gasteiger charge is 2.22. The molecule has 0 radical (unpaired) electrons. The molecule has 9 nitrogen and oxygen atoms in total. The van der Waals surface area contributed by atoms with E-state index >= 15 is 0 Å². The molecular weight excluding hydrogens is 534 g/mol. The maximum atomic E-state index is 13.1. The van der Waals surface area contributed by atoms with Gasteiger partial charge in [-0.25, -0.2) is 18.4 Å². The molecule has 0 saturated heterocycles. The fourth-order valence-corrected chi connectivity index (χ4v) is 5.56. The van der Waals surface area contributed by atoms with Crippen LogP contribution in [0, 0.1) is 11.3 Å². The first kappa shape index (κ1) is 27.6. The molecule has 0 aliphatic rings. The van der Waals surface area contributed by atoms with Crippen LogP contribution in [0.25, 0.3) is 11.3 Å². The number of nitrogens with zero attached hydrogens (tertiary/aromatic N) is 3. The monoisotopic (exact) mass is 559 g/mol. The number of anilines is 2. The SMILES string of the molecule is CCC(Sc1nc(-c2ccc(OC)cc2)ccc1C#N)C(=O)Nc1ccc(S(=O)(=O)Nc2ccccn2)cc1. The van der Waals surface area contributed by atoms with E-state index in [-0.39, 0.29) is 16.6 Å². The predicted molar refractivity (Wildman–Crippen MR) is 151 cm³/mol. The summed E-state index contributed by atoms with van der Waals surface area (Å²) in [6, 6.07) is 23.8. The molecule has 0 aliphatic carbocycles. The number of ether oxygens (including phenoxy) is 1. The van der Waals surface area contributed by atoms with Crippen molar-refractivity contribution in [1.29, 1.82) is 5.26 Å². The second-order valence-corrected chi connectivity index (χ2v) is 11.1. The van der Waals surface area contributed by atoms with Crippen molar-refractivity contribution in [1.82, 2.24) is 9.97 Å². The van der Waals surface area contributed by atoms with E-state index < -0.39 is 15.3 Å². The lowest BCUT2D eigenvalue weighted by molar-refractivity contribution is -0.115. The summed E-state index contributed by atoms with van der Waals surface area (Å²) in [5.41, 5.74) is 2.34. The lowest BCUT2D eigenvalue weighted by Crippen LogP contribution is -2.25. The van der Waals surface area contributed by atoms with E-state index in [0.717, 1.165) is 11.3 Å². The molecule has 1 unspecified atom stereocenters. The van der Waals surface area contributed by atoms with Crippen LogP contribution in [0.4, 0.5) is 11.5 Å². The molecule has 0 spiro atoms. The van der Waals surface area contributed by atoms with E-state index in [1.807, 2.05) is 31.2 Å². The summed E-state index contributed by atoms with van der Waals surface area (Å²) in [5, 5.41) is 12.4. The number of sulfonamides is 1. The number of amides is 1. The van der Waals surface area contributed by atoms with Gasteiger partial charge in [-0.3, -0.25) is 9.52 Å². The molecule has 4 rings (SSSR count). The highest BCUT2D eigenvalue weighted by Crippen LogP contribution is 2.31. The van der Waals surface area contributed by atoms with Crippen LogP contribution >= 0.6 is 11.8 Å². The van der Waals surface area contributed by atoms with Gasteiger partial charge in [-0.1, -0.05) is 24.8 Å².